The molecule has 12 heavy (non-hydrogen) atoms. The van der Waals surface area contributed by atoms with E-state index in [1.54, 1.807) is 4.40 Å². The van der Waals surface area contributed by atoms with Gasteiger partial charge in [-0.3, -0.25) is 4.40 Å². The summed E-state index contributed by atoms with van der Waals surface area (Å²) in [4.78, 5) is 4.11. The smallest absolute Gasteiger partial charge is 0.217 e. The molecule has 0 atom stereocenters. The first-order valence-corrected chi connectivity index (χ1v) is 3.66. The molecule has 3 heteroatoms. The lowest BCUT2D eigenvalue weighted by atomic mass is 10.3. The molecule has 0 aliphatic rings. The Labute approximate surface area is 69.9 Å². The van der Waals surface area contributed by atoms with Crippen molar-refractivity contribution in [3.05, 3.63) is 35.9 Å². The minimum atomic E-state index is 0.447. The van der Waals surface area contributed by atoms with Crippen molar-refractivity contribution in [3.8, 4) is 6.07 Å². The van der Waals surface area contributed by atoms with E-state index in [0.29, 0.717) is 5.82 Å². The Kier molecular flexibility index (Phi) is 1.34. The van der Waals surface area contributed by atoms with E-state index < -0.39 is 0 Å². The van der Waals surface area contributed by atoms with E-state index in [1.807, 2.05) is 37.4 Å². The Bertz CT molecular complexity index is 462. The summed E-state index contributed by atoms with van der Waals surface area (Å²) in [5, 5.41) is 8.72. The molecule has 0 N–H and O–H groups in total. The standard InChI is InChI=1S/C9H7N3/c1-7-8-4-2-3-5-12(8)9(6-10)11-7/h2-5H,1H3. The fourth-order valence-corrected chi connectivity index (χ4v) is 1.27. The normalized spacial score (nSPS) is 10.0. The van der Waals surface area contributed by atoms with Crippen molar-refractivity contribution in [1.29, 1.82) is 5.26 Å². The molecule has 0 spiro atoms. The molecule has 0 saturated heterocycles. The van der Waals surface area contributed by atoms with Gasteiger partial charge in [0.25, 0.3) is 0 Å². The minimum absolute atomic E-state index is 0.447. The topological polar surface area (TPSA) is 41.1 Å². The highest BCUT2D eigenvalue weighted by Crippen LogP contribution is 2.10. The van der Waals surface area contributed by atoms with Crippen LogP contribution < -0.4 is 0 Å². The van der Waals surface area contributed by atoms with Crippen LogP contribution in [0.25, 0.3) is 5.52 Å². The molecule has 0 amide bonds. The van der Waals surface area contributed by atoms with Crippen LogP contribution >= 0.6 is 0 Å². The van der Waals surface area contributed by atoms with Gasteiger partial charge in [0.1, 0.15) is 6.07 Å². The number of hydrogen-bond donors (Lipinski definition) is 0. The van der Waals surface area contributed by atoms with Crippen LogP contribution in [0.2, 0.25) is 0 Å². The summed E-state index contributed by atoms with van der Waals surface area (Å²) in [6, 6.07) is 7.81. The average Bonchev–Trinajstić information content (AvgIpc) is 2.44. The zero-order valence-corrected chi connectivity index (χ0v) is 6.65. The summed E-state index contributed by atoms with van der Waals surface area (Å²) < 4.78 is 1.79. The third-order valence-electron chi connectivity index (χ3n) is 1.83. The van der Waals surface area contributed by atoms with Crippen LogP contribution in [0.15, 0.2) is 24.4 Å². The summed E-state index contributed by atoms with van der Waals surface area (Å²) in [6.07, 6.45) is 1.84. The van der Waals surface area contributed by atoms with Gasteiger partial charge >= 0.3 is 0 Å². The van der Waals surface area contributed by atoms with Crippen molar-refractivity contribution in [2.24, 2.45) is 0 Å². The maximum absolute atomic E-state index is 8.72. The van der Waals surface area contributed by atoms with Crippen molar-refractivity contribution < 1.29 is 0 Å². The number of imidazole rings is 1. The molecule has 58 valence electrons. The van der Waals surface area contributed by atoms with E-state index in [-0.39, 0.29) is 0 Å². The van der Waals surface area contributed by atoms with Crippen molar-refractivity contribution in [3.63, 3.8) is 0 Å². The number of rotatable bonds is 0. The lowest BCUT2D eigenvalue weighted by molar-refractivity contribution is 1.10. The maximum atomic E-state index is 8.72. The first kappa shape index (κ1) is 6.86. The zero-order chi connectivity index (χ0) is 8.55. The first-order valence-electron chi connectivity index (χ1n) is 3.66. The highest BCUT2D eigenvalue weighted by molar-refractivity contribution is 5.53. The number of fused-ring (bicyclic) bond motifs is 1. The van der Waals surface area contributed by atoms with Crippen LogP contribution in [0.4, 0.5) is 0 Å². The molecule has 2 aromatic rings. The van der Waals surface area contributed by atoms with Crippen LogP contribution in [0.1, 0.15) is 11.5 Å². The van der Waals surface area contributed by atoms with Crippen LogP contribution in [0.5, 0.6) is 0 Å². The van der Waals surface area contributed by atoms with Crippen LogP contribution in [-0.2, 0) is 0 Å². The van der Waals surface area contributed by atoms with Crippen molar-refractivity contribution >= 4 is 5.52 Å². The highest BCUT2D eigenvalue weighted by atomic mass is 15.0. The van der Waals surface area contributed by atoms with Gasteiger partial charge in [-0.05, 0) is 19.1 Å². The van der Waals surface area contributed by atoms with Crippen molar-refractivity contribution in [2.75, 3.05) is 0 Å². The van der Waals surface area contributed by atoms with Gasteiger partial charge in [-0.2, -0.15) is 5.26 Å². The monoisotopic (exact) mass is 157 g/mol. The second-order valence-electron chi connectivity index (χ2n) is 2.59. The average molecular weight is 157 g/mol. The van der Waals surface area contributed by atoms with E-state index in [0.717, 1.165) is 11.2 Å². The van der Waals surface area contributed by atoms with E-state index in [9.17, 15) is 0 Å². The molecule has 0 unspecified atom stereocenters. The predicted octanol–water partition coefficient (Wildman–Crippen LogP) is 1.51. The summed E-state index contributed by atoms with van der Waals surface area (Å²) >= 11 is 0. The summed E-state index contributed by atoms with van der Waals surface area (Å²) in [6.45, 7) is 1.90. The molecule has 0 bridgehead atoms. The van der Waals surface area contributed by atoms with Crippen LogP contribution in [0.3, 0.4) is 0 Å². The number of pyridine rings is 1. The molecule has 2 heterocycles. The largest absolute Gasteiger partial charge is 0.291 e. The molecule has 2 aromatic heterocycles. The van der Waals surface area contributed by atoms with Gasteiger partial charge in [-0.25, -0.2) is 4.98 Å². The minimum Gasteiger partial charge on any atom is -0.291 e. The van der Waals surface area contributed by atoms with Crippen LogP contribution in [-0.4, -0.2) is 9.38 Å². The number of nitrogens with zero attached hydrogens (tertiary/aromatic N) is 3. The van der Waals surface area contributed by atoms with Gasteiger partial charge in [-0.1, -0.05) is 6.07 Å². The summed E-state index contributed by atoms with van der Waals surface area (Å²) in [7, 11) is 0. The van der Waals surface area contributed by atoms with Gasteiger partial charge in [0.05, 0.1) is 11.2 Å². The second-order valence-corrected chi connectivity index (χ2v) is 2.59. The van der Waals surface area contributed by atoms with Gasteiger partial charge < -0.3 is 0 Å². The van der Waals surface area contributed by atoms with Crippen LogP contribution in [0, 0.1) is 18.3 Å². The molecule has 0 saturated carbocycles. The lowest BCUT2D eigenvalue weighted by Crippen LogP contribution is -1.86. The van der Waals surface area contributed by atoms with E-state index in [2.05, 4.69) is 4.98 Å². The molecule has 2 rings (SSSR count). The van der Waals surface area contributed by atoms with Crippen molar-refractivity contribution in [2.45, 2.75) is 6.92 Å². The van der Waals surface area contributed by atoms with E-state index in [1.165, 1.54) is 0 Å². The van der Waals surface area contributed by atoms with E-state index >= 15 is 0 Å². The fraction of sp³-hybridized carbons (Fsp3) is 0.111. The SMILES string of the molecule is Cc1nc(C#N)n2ccccc12. The second kappa shape index (κ2) is 2.35. The van der Waals surface area contributed by atoms with E-state index in [4.69, 9.17) is 5.26 Å². The lowest BCUT2D eigenvalue weighted by Gasteiger charge is -1.91. The maximum Gasteiger partial charge on any atom is 0.217 e. The molecule has 3 nitrogen and oxygen atoms in total. The predicted molar refractivity (Wildman–Crippen MR) is 44.6 cm³/mol. The Morgan fingerprint density at radius 1 is 1.50 bits per heavy atom. The quantitative estimate of drug-likeness (QED) is 0.581. The summed E-state index contributed by atoms with van der Waals surface area (Å²) in [5.74, 6) is 0.447. The molecule has 0 fully saturated rings. The molecular weight excluding hydrogens is 150 g/mol. The van der Waals surface area contributed by atoms with Gasteiger partial charge in [0.15, 0.2) is 0 Å². The highest BCUT2D eigenvalue weighted by Gasteiger charge is 2.04. The zero-order valence-electron chi connectivity index (χ0n) is 6.65. The molecule has 0 aliphatic carbocycles. The van der Waals surface area contributed by atoms with Gasteiger partial charge in [-0.15, -0.1) is 0 Å². The number of aryl methyl sites for hydroxylation is 1. The molecule has 0 aromatic carbocycles. The third-order valence-corrected chi connectivity index (χ3v) is 1.83. The Hall–Kier alpha value is -1.82. The number of aromatic nitrogens is 2. The molecule has 0 aliphatic heterocycles. The Balaban J connectivity index is 2.94. The first-order chi connectivity index (χ1) is 5.83. The third kappa shape index (κ3) is 0.785. The summed E-state index contributed by atoms with van der Waals surface area (Å²) in [5.41, 5.74) is 1.89. The van der Waals surface area contributed by atoms with Gasteiger partial charge in [0, 0.05) is 6.20 Å². The Morgan fingerprint density at radius 2 is 2.33 bits per heavy atom. The fourth-order valence-electron chi connectivity index (χ4n) is 1.27. The Morgan fingerprint density at radius 3 is 3.08 bits per heavy atom. The number of nitriles is 1. The molecule has 0 radical (unpaired) electrons. The number of hydrogen-bond acceptors (Lipinski definition) is 2. The van der Waals surface area contributed by atoms with Gasteiger partial charge in [0.2, 0.25) is 5.82 Å². The van der Waals surface area contributed by atoms with Crippen molar-refractivity contribution in [1.82, 2.24) is 9.38 Å². The molecular formula is C9H7N3.